The van der Waals surface area contributed by atoms with Crippen molar-refractivity contribution in [3.63, 3.8) is 0 Å². The van der Waals surface area contributed by atoms with Crippen molar-refractivity contribution < 1.29 is 9.78 Å². The van der Waals surface area contributed by atoms with Crippen molar-refractivity contribution in [1.29, 1.82) is 0 Å². The fraction of sp³-hybridized carbons (Fsp3) is 0.385. The van der Waals surface area contributed by atoms with Crippen molar-refractivity contribution in [1.82, 2.24) is 0 Å². The highest BCUT2D eigenvalue weighted by atomic mass is 17.2. The molecule has 2 heteroatoms. The third kappa shape index (κ3) is 4.28. The lowest BCUT2D eigenvalue weighted by Crippen LogP contribution is -2.10. The molecule has 0 amide bonds. The van der Waals surface area contributed by atoms with E-state index in [-0.39, 0.29) is 6.10 Å². The van der Waals surface area contributed by atoms with Gasteiger partial charge in [0.2, 0.25) is 0 Å². The number of benzene rings is 1. The SMILES string of the molecule is C=CC(C)OOCC(C)c1ccccc1. The Hall–Kier alpha value is -1.12. The van der Waals surface area contributed by atoms with E-state index in [2.05, 4.69) is 25.6 Å². The van der Waals surface area contributed by atoms with Gasteiger partial charge in [0.05, 0.1) is 6.61 Å². The molecule has 0 N–H and O–H groups in total. The highest BCUT2D eigenvalue weighted by molar-refractivity contribution is 5.18. The maximum atomic E-state index is 5.13. The van der Waals surface area contributed by atoms with E-state index < -0.39 is 0 Å². The summed E-state index contributed by atoms with van der Waals surface area (Å²) in [5.74, 6) is 0.336. The van der Waals surface area contributed by atoms with Gasteiger partial charge in [0.1, 0.15) is 6.10 Å². The Morgan fingerprint density at radius 2 is 1.93 bits per heavy atom. The van der Waals surface area contributed by atoms with Gasteiger partial charge in [0.25, 0.3) is 0 Å². The van der Waals surface area contributed by atoms with Crippen LogP contribution < -0.4 is 0 Å². The Morgan fingerprint density at radius 3 is 2.53 bits per heavy atom. The fourth-order valence-corrected chi connectivity index (χ4v) is 1.17. The molecule has 1 aromatic carbocycles. The standard InChI is InChI=1S/C13H18O2/c1-4-12(3)15-14-10-11(2)13-8-6-5-7-9-13/h4-9,11-12H,1,10H2,2-3H3. The predicted molar refractivity (Wildman–Crippen MR) is 61.6 cm³/mol. The zero-order chi connectivity index (χ0) is 11.1. The average Bonchev–Trinajstić information content (AvgIpc) is 2.29. The van der Waals surface area contributed by atoms with Gasteiger partial charge in [-0.3, -0.25) is 0 Å². The van der Waals surface area contributed by atoms with E-state index in [0.717, 1.165) is 0 Å². The average molecular weight is 206 g/mol. The molecule has 1 aromatic rings. The zero-order valence-corrected chi connectivity index (χ0v) is 9.35. The molecule has 2 atom stereocenters. The van der Waals surface area contributed by atoms with E-state index in [9.17, 15) is 0 Å². The molecule has 0 fully saturated rings. The van der Waals surface area contributed by atoms with Crippen LogP contribution in [0.3, 0.4) is 0 Å². The van der Waals surface area contributed by atoms with Crippen LogP contribution in [-0.2, 0) is 9.78 Å². The van der Waals surface area contributed by atoms with Crippen LogP contribution in [-0.4, -0.2) is 12.7 Å². The molecule has 2 nitrogen and oxygen atoms in total. The molecule has 0 saturated carbocycles. The molecule has 0 radical (unpaired) electrons. The monoisotopic (exact) mass is 206 g/mol. The molecule has 1 rings (SSSR count). The Bertz CT molecular complexity index is 282. The minimum atomic E-state index is -0.0621. The first-order valence-corrected chi connectivity index (χ1v) is 5.19. The van der Waals surface area contributed by atoms with Gasteiger partial charge in [0.15, 0.2) is 0 Å². The van der Waals surface area contributed by atoms with Crippen LogP contribution in [0.1, 0.15) is 25.3 Å². The molecule has 0 bridgehead atoms. The zero-order valence-electron chi connectivity index (χ0n) is 9.35. The van der Waals surface area contributed by atoms with Gasteiger partial charge in [-0.2, -0.15) is 0 Å². The van der Waals surface area contributed by atoms with E-state index in [1.165, 1.54) is 5.56 Å². The summed E-state index contributed by atoms with van der Waals surface area (Å²) in [4.78, 5) is 10.2. The van der Waals surface area contributed by atoms with Crippen LogP contribution >= 0.6 is 0 Å². The highest BCUT2D eigenvalue weighted by Crippen LogP contribution is 2.14. The van der Waals surface area contributed by atoms with Gasteiger partial charge in [-0.05, 0) is 12.5 Å². The second-order valence-electron chi connectivity index (χ2n) is 3.63. The molecule has 2 unspecified atom stereocenters. The minimum absolute atomic E-state index is 0.0621. The first-order valence-electron chi connectivity index (χ1n) is 5.19. The van der Waals surface area contributed by atoms with E-state index in [1.807, 2.05) is 25.1 Å². The second-order valence-corrected chi connectivity index (χ2v) is 3.63. The van der Waals surface area contributed by atoms with Crippen molar-refractivity contribution in [3.05, 3.63) is 48.6 Å². The van der Waals surface area contributed by atoms with Crippen molar-refractivity contribution in [2.75, 3.05) is 6.61 Å². The molecular weight excluding hydrogens is 188 g/mol. The largest absolute Gasteiger partial charge is 0.236 e. The molecule has 15 heavy (non-hydrogen) atoms. The summed E-state index contributed by atoms with van der Waals surface area (Å²) >= 11 is 0. The Morgan fingerprint density at radius 1 is 1.27 bits per heavy atom. The molecule has 0 spiro atoms. The highest BCUT2D eigenvalue weighted by Gasteiger charge is 2.06. The van der Waals surface area contributed by atoms with Crippen LogP contribution in [0.2, 0.25) is 0 Å². The lowest BCUT2D eigenvalue weighted by Gasteiger charge is -2.13. The first-order chi connectivity index (χ1) is 7.24. The molecule has 0 aliphatic heterocycles. The molecule has 0 aliphatic carbocycles. The van der Waals surface area contributed by atoms with Crippen molar-refractivity contribution >= 4 is 0 Å². The van der Waals surface area contributed by atoms with Crippen LogP contribution in [0, 0.1) is 0 Å². The minimum Gasteiger partial charge on any atom is -0.236 e. The van der Waals surface area contributed by atoms with Gasteiger partial charge >= 0.3 is 0 Å². The second kappa shape index (κ2) is 6.38. The molecule has 0 saturated heterocycles. The maximum Gasteiger partial charge on any atom is 0.108 e. The summed E-state index contributed by atoms with van der Waals surface area (Å²) in [7, 11) is 0. The van der Waals surface area contributed by atoms with Gasteiger partial charge in [-0.15, -0.1) is 6.58 Å². The Labute approximate surface area is 91.5 Å². The number of hydrogen-bond acceptors (Lipinski definition) is 2. The third-order valence-electron chi connectivity index (χ3n) is 2.24. The van der Waals surface area contributed by atoms with Crippen molar-refractivity contribution in [2.45, 2.75) is 25.9 Å². The van der Waals surface area contributed by atoms with Crippen molar-refractivity contribution in [2.24, 2.45) is 0 Å². The third-order valence-corrected chi connectivity index (χ3v) is 2.24. The summed E-state index contributed by atoms with van der Waals surface area (Å²) < 4.78 is 0. The molecule has 0 aliphatic rings. The summed E-state index contributed by atoms with van der Waals surface area (Å²) in [5.41, 5.74) is 1.26. The van der Waals surface area contributed by atoms with E-state index in [0.29, 0.717) is 12.5 Å². The van der Waals surface area contributed by atoms with Crippen LogP contribution in [0.25, 0.3) is 0 Å². The number of hydrogen-bond donors (Lipinski definition) is 0. The fourth-order valence-electron chi connectivity index (χ4n) is 1.17. The Balaban J connectivity index is 2.31. The van der Waals surface area contributed by atoms with Crippen LogP contribution in [0.15, 0.2) is 43.0 Å². The van der Waals surface area contributed by atoms with Gasteiger partial charge in [-0.25, -0.2) is 9.78 Å². The Kier molecular flexibility index (Phi) is 5.08. The quantitative estimate of drug-likeness (QED) is 0.404. The van der Waals surface area contributed by atoms with E-state index in [4.69, 9.17) is 9.78 Å². The lowest BCUT2D eigenvalue weighted by molar-refractivity contribution is -0.312. The predicted octanol–water partition coefficient (Wildman–Crippen LogP) is 3.31. The first kappa shape index (κ1) is 12.0. The van der Waals surface area contributed by atoms with Gasteiger partial charge in [0, 0.05) is 5.92 Å². The smallest absolute Gasteiger partial charge is 0.108 e. The summed E-state index contributed by atoms with van der Waals surface area (Å²) in [5, 5.41) is 0. The topological polar surface area (TPSA) is 18.5 Å². The normalized spacial score (nSPS) is 14.5. The van der Waals surface area contributed by atoms with Gasteiger partial charge in [-0.1, -0.05) is 43.3 Å². The number of rotatable bonds is 6. The molecular formula is C13H18O2. The van der Waals surface area contributed by atoms with Crippen molar-refractivity contribution in [3.8, 4) is 0 Å². The summed E-state index contributed by atoms with van der Waals surface area (Å²) in [6.45, 7) is 8.17. The molecule has 0 aromatic heterocycles. The molecule has 0 heterocycles. The van der Waals surface area contributed by atoms with Crippen LogP contribution in [0.4, 0.5) is 0 Å². The lowest BCUT2D eigenvalue weighted by atomic mass is 10.0. The van der Waals surface area contributed by atoms with Crippen LogP contribution in [0.5, 0.6) is 0 Å². The summed E-state index contributed by atoms with van der Waals surface area (Å²) in [6, 6.07) is 10.2. The molecule has 82 valence electrons. The maximum absolute atomic E-state index is 5.13. The van der Waals surface area contributed by atoms with E-state index >= 15 is 0 Å². The van der Waals surface area contributed by atoms with E-state index in [1.54, 1.807) is 6.08 Å². The summed E-state index contributed by atoms with van der Waals surface area (Å²) in [6.07, 6.45) is 1.64. The van der Waals surface area contributed by atoms with Gasteiger partial charge < -0.3 is 0 Å².